The van der Waals surface area contributed by atoms with E-state index < -0.39 is 11.3 Å². The summed E-state index contributed by atoms with van der Waals surface area (Å²) in [4.78, 5) is 12.0. The molecule has 0 saturated heterocycles. The van der Waals surface area contributed by atoms with Crippen LogP contribution in [-0.2, 0) is 18.3 Å². The number of amides is 1. The maximum atomic E-state index is 12.0. The number of rotatable bonds is 6. The van der Waals surface area contributed by atoms with Gasteiger partial charge >= 0.3 is 0 Å². The van der Waals surface area contributed by atoms with Crippen LogP contribution in [0.15, 0.2) is 67.2 Å². The van der Waals surface area contributed by atoms with Gasteiger partial charge in [-0.3, -0.25) is 4.79 Å². The standard InChI is InChI=1S/C28H29N7O/c1-16-3-5-18(6-4-16)25(30)15-28(27-32-34-35-33-27)23-11-9-19(17(2)29)13-20(23)7-8-21-14-22(26(31)36)10-12-24(21)28/h3-6,9-14,25H,2,7-8,15,29-30H2,1H3,(H2,31,36)(H,32,33,34,35)/t25-,28?/m1/s1. The lowest BCUT2D eigenvalue weighted by Crippen LogP contribution is -2.36. The number of carbonyl (C=O) groups excluding carboxylic acids is 1. The molecule has 36 heavy (non-hydrogen) atoms. The molecule has 7 N–H and O–H groups in total. The van der Waals surface area contributed by atoms with Crippen LogP contribution < -0.4 is 17.2 Å². The van der Waals surface area contributed by atoms with Crippen LogP contribution in [-0.4, -0.2) is 26.5 Å². The van der Waals surface area contributed by atoms with Crippen molar-refractivity contribution in [2.45, 2.75) is 37.6 Å². The minimum Gasteiger partial charge on any atom is -0.399 e. The molecule has 8 nitrogen and oxygen atoms in total. The van der Waals surface area contributed by atoms with Crippen LogP contribution in [0.2, 0.25) is 0 Å². The highest BCUT2D eigenvalue weighted by molar-refractivity contribution is 5.93. The van der Waals surface area contributed by atoms with Gasteiger partial charge in [-0.05, 0) is 88.2 Å². The summed E-state index contributed by atoms with van der Waals surface area (Å²) in [6.07, 6.45) is 1.92. The van der Waals surface area contributed by atoms with Crippen LogP contribution in [0.4, 0.5) is 0 Å². The summed E-state index contributed by atoms with van der Waals surface area (Å²) < 4.78 is 0. The number of aromatic nitrogens is 4. The number of primary amides is 1. The van der Waals surface area contributed by atoms with Gasteiger partial charge in [0.2, 0.25) is 5.91 Å². The predicted octanol–water partition coefficient (Wildman–Crippen LogP) is 3.06. The van der Waals surface area contributed by atoms with Gasteiger partial charge in [0.25, 0.3) is 0 Å². The van der Waals surface area contributed by atoms with Crippen LogP contribution in [0.3, 0.4) is 0 Å². The topological polar surface area (TPSA) is 150 Å². The first-order valence-electron chi connectivity index (χ1n) is 11.9. The molecule has 0 spiro atoms. The molecule has 4 aromatic rings. The average Bonchev–Trinajstić information content (AvgIpc) is 3.37. The second-order valence-corrected chi connectivity index (χ2v) is 9.51. The molecule has 1 aliphatic carbocycles. The number of hydrogen-bond acceptors (Lipinski definition) is 6. The highest BCUT2D eigenvalue weighted by Crippen LogP contribution is 2.48. The molecule has 0 bridgehead atoms. The number of hydrogen-bond donors (Lipinski definition) is 4. The third kappa shape index (κ3) is 3.95. The SMILES string of the molecule is C=C(N)c1ccc2c(c1)CCc1cc(C(N)=O)ccc1C2(C[C@@H](N)c1ccc(C)cc1)c1nnn[nH]1. The Morgan fingerprint density at radius 3 is 2.17 bits per heavy atom. The number of H-pyrrole nitrogens is 1. The molecule has 8 heteroatoms. The predicted molar refractivity (Wildman–Crippen MR) is 139 cm³/mol. The van der Waals surface area contributed by atoms with Crippen molar-refractivity contribution >= 4 is 11.6 Å². The zero-order valence-corrected chi connectivity index (χ0v) is 20.2. The lowest BCUT2D eigenvalue weighted by atomic mass is 9.67. The van der Waals surface area contributed by atoms with Crippen molar-refractivity contribution in [1.29, 1.82) is 0 Å². The number of nitrogens with zero attached hydrogens (tertiary/aromatic N) is 3. The van der Waals surface area contributed by atoms with Crippen molar-refractivity contribution < 1.29 is 4.79 Å². The lowest BCUT2D eigenvalue weighted by Gasteiger charge is -2.36. The lowest BCUT2D eigenvalue weighted by molar-refractivity contribution is 0.1000. The molecule has 1 unspecified atom stereocenters. The molecule has 1 heterocycles. The molecule has 5 rings (SSSR count). The minimum absolute atomic E-state index is 0.325. The summed E-state index contributed by atoms with van der Waals surface area (Å²) >= 11 is 0. The number of carbonyl (C=O) groups is 1. The highest BCUT2D eigenvalue weighted by atomic mass is 16.1. The molecule has 1 aromatic heterocycles. The molecule has 3 aromatic carbocycles. The Labute approximate surface area is 209 Å². The highest BCUT2D eigenvalue weighted by Gasteiger charge is 2.45. The van der Waals surface area contributed by atoms with Crippen LogP contribution in [0.1, 0.15) is 67.6 Å². The monoisotopic (exact) mass is 479 g/mol. The summed E-state index contributed by atoms with van der Waals surface area (Å²) in [7, 11) is 0. The number of aryl methyl sites for hydroxylation is 3. The Kier molecular flexibility index (Phi) is 5.89. The first-order chi connectivity index (χ1) is 17.3. The fourth-order valence-corrected chi connectivity index (χ4v) is 5.37. The number of aromatic amines is 1. The van der Waals surface area contributed by atoms with Gasteiger partial charge in [0.1, 0.15) is 0 Å². The van der Waals surface area contributed by atoms with Crippen molar-refractivity contribution in [3.63, 3.8) is 0 Å². The Morgan fingerprint density at radius 2 is 1.61 bits per heavy atom. The second kappa shape index (κ2) is 9.05. The van der Waals surface area contributed by atoms with Crippen molar-refractivity contribution in [1.82, 2.24) is 20.6 Å². The van der Waals surface area contributed by atoms with Crippen LogP contribution in [0, 0.1) is 6.92 Å². The van der Waals surface area contributed by atoms with Crippen molar-refractivity contribution in [3.8, 4) is 0 Å². The largest absolute Gasteiger partial charge is 0.399 e. The van der Waals surface area contributed by atoms with E-state index in [1.807, 2.05) is 25.1 Å². The number of benzene rings is 3. The molecule has 0 fully saturated rings. The van der Waals surface area contributed by atoms with Gasteiger partial charge in [-0.15, -0.1) is 5.10 Å². The zero-order chi connectivity index (χ0) is 25.4. The quantitative estimate of drug-likeness (QED) is 0.334. The molecular weight excluding hydrogens is 450 g/mol. The van der Waals surface area contributed by atoms with E-state index in [2.05, 4.69) is 63.6 Å². The molecule has 182 valence electrons. The summed E-state index contributed by atoms with van der Waals surface area (Å²) in [5, 5.41) is 15.3. The Bertz CT molecular complexity index is 1380. The summed E-state index contributed by atoms with van der Waals surface area (Å²) in [5.41, 5.74) is 25.9. The van der Waals surface area contributed by atoms with Crippen LogP contribution in [0.5, 0.6) is 0 Å². The van der Waals surface area contributed by atoms with Gasteiger partial charge in [0.15, 0.2) is 5.82 Å². The second-order valence-electron chi connectivity index (χ2n) is 9.51. The van der Waals surface area contributed by atoms with Crippen LogP contribution >= 0.6 is 0 Å². The van der Waals surface area contributed by atoms with Gasteiger partial charge in [-0.1, -0.05) is 54.6 Å². The molecule has 1 aliphatic rings. The number of fused-ring (bicyclic) bond motifs is 2. The van der Waals surface area contributed by atoms with E-state index in [-0.39, 0.29) is 6.04 Å². The maximum Gasteiger partial charge on any atom is 0.248 e. The summed E-state index contributed by atoms with van der Waals surface area (Å²) in [6, 6.07) is 19.6. The van der Waals surface area contributed by atoms with E-state index in [1.165, 1.54) is 5.56 Å². The van der Waals surface area contributed by atoms with Gasteiger partial charge in [-0.25, -0.2) is 5.10 Å². The fourth-order valence-electron chi connectivity index (χ4n) is 5.37. The van der Waals surface area contributed by atoms with Crippen molar-refractivity contribution in [2.24, 2.45) is 17.2 Å². The molecule has 0 radical (unpaired) electrons. The van der Waals surface area contributed by atoms with Gasteiger partial charge < -0.3 is 17.2 Å². The fraction of sp³-hybridized carbons (Fsp3) is 0.214. The normalized spacial score (nSPS) is 17.5. The first-order valence-corrected chi connectivity index (χ1v) is 11.9. The maximum absolute atomic E-state index is 12.0. The number of tetrazole rings is 1. The summed E-state index contributed by atoms with van der Waals surface area (Å²) in [6.45, 7) is 5.97. The molecular formula is C28H29N7O. The molecule has 2 atom stereocenters. The summed E-state index contributed by atoms with van der Waals surface area (Å²) in [5.74, 6) is 0.116. The van der Waals surface area contributed by atoms with E-state index in [4.69, 9.17) is 17.2 Å². The van der Waals surface area contributed by atoms with E-state index in [0.29, 0.717) is 29.9 Å². The Balaban J connectivity index is 1.79. The molecule has 1 amide bonds. The van der Waals surface area contributed by atoms with Crippen molar-refractivity contribution in [3.05, 3.63) is 118 Å². The van der Waals surface area contributed by atoms with Gasteiger partial charge in [0, 0.05) is 17.3 Å². The Hall–Kier alpha value is -4.30. The van der Waals surface area contributed by atoms with E-state index in [1.54, 1.807) is 6.07 Å². The van der Waals surface area contributed by atoms with Gasteiger partial charge in [-0.2, -0.15) is 0 Å². The molecule has 0 saturated carbocycles. The number of nitrogens with one attached hydrogen (secondary N) is 1. The van der Waals surface area contributed by atoms with Crippen LogP contribution in [0.25, 0.3) is 5.70 Å². The van der Waals surface area contributed by atoms with Crippen molar-refractivity contribution in [2.75, 3.05) is 0 Å². The smallest absolute Gasteiger partial charge is 0.248 e. The van der Waals surface area contributed by atoms with E-state index in [9.17, 15) is 4.79 Å². The third-order valence-electron chi connectivity index (χ3n) is 7.23. The number of nitrogens with two attached hydrogens (primary N) is 3. The minimum atomic E-state index is -0.806. The van der Waals surface area contributed by atoms with E-state index in [0.717, 1.165) is 39.8 Å². The third-order valence-corrected chi connectivity index (χ3v) is 7.23. The van der Waals surface area contributed by atoms with E-state index >= 15 is 0 Å². The molecule has 0 aliphatic heterocycles. The zero-order valence-electron chi connectivity index (χ0n) is 20.2. The first kappa shape index (κ1) is 23.4. The average molecular weight is 480 g/mol. The van der Waals surface area contributed by atoms with Gasteiger partial charge in [0.05, 0.1) is 5.41 Å². The Morgan fingerprint density at radius 1 is 1.00 bits per heavy atom.